The van der Waals surface area contributed by atoms with Crippen LogP contribution in [0.25, 0.3) is 0 Å². The van der Waals surface area contributed by atoms with E-state index in [1.165, 1.54) is 0 Å². The highest BCUT2D eigenvalue weighted by Gasteiger charge is 2.19. The first kappa shape index (κ1) is 14.4. The Morgan fingerprint density at radius 3 is 2.35 bits per heavy atom. The smallest absolute Gasteiger partial charge is 0.238 e. The molecule has 17 heavy (non-hydrogen) atoms. The van der Waals surface area contributed by atoms with Crippen LogP contribution in [0.15, 0.2) is 0 Å². The molecule has 0 saturated carbocycles. The summed E-state index contributed by atoms with van der Waals surface area (Å²) in [4.78, 5) is 14.1. The lowest BCUT2D eigenvalue weighted by molar-refractivity contribution is -0.125. The van der Waals surface area contributed by atoms with Crippen LogP contribution < -0.4 is 10.7 Å². The number of carbonyl (C=O) groups is 1. The fourth-order valence-electron chi connectivity index (χ4n) is 1.74. The predicted molar refractivity (Wildman–Crippen MR) is 69.6 cm³/mol. The van der Waals surface area contributed by atoms with Crippen molar-refractivity contribution >= 4 is 5.91 Å². The van der Waals surface area contributed by atoms with Gasteiger partial charge in [0.1, 0.15) is 0 Å². The van der Waals surface area contributed by atoms with Gasteiger partial charge in [-0.15, -0.1) is 0 Å². The van der Waals surface area contributed by atoms with Gasteiger partial charge in [0.25, 0.3) is 0 Å². The van der Waals surface area contributed by atoms with E-state index in [1.807, 2.05) is 13.8 Å². The molecule has 5 heteroatoms. The second-order valence-electron chi connectivity index (χ2n) is 4.96. The summed E-state index contributed by atoms with van der Waals surface area (Å²) in [6.07, 6.45) is 0.965. The molecule has 1 aliphatic heterocycles. The Morgan fingerprint density at radius 1 is 1.24 bits per heavy atom. The maximum atomic E-state index is 11.8. The molecule has 2 N–H and O–H groups in total. The molecule has 1 fully saturated rings. The van der Waals surface area contributed by atoms with E-state index in [-0.39, 0.29) is 18.0 Å². The van der Waals surface area contributed by atoms with E-state index < -0.39 is 0 Å². The minimum absolute atomic E-state index is 0.0817. The van der Waals surface area contributed by atoms with Crippen molar-refractivity contribution < 1.29 is 4.79 Å². The van der Waals surface area contributed by atoms with Crippen molar-refractivity contribution in [2.24, 2.45) is 0 Å². The molecular weight excluding hydrogens is 216 g/mol. The molecule has 0 aromatic heterocycles. The predicted octanol–water partition coefficient (Wildman–Crippen LogP) is 0.0416. The Labute approximate surface area is 104 Å². The standard InChI is InChI=1S/C12H26N4O/c1-5-10(2)13-12(17)11(3)14-16-8-6-15(4)7-9-16/h10-11,14H,5-9H2,1-4H3,(H,13,17). The highest BCUT2D eigenvalue weighted by molar-refractivity contribution is 5.81. The summed E-state index contributed by atoms with van der Waals surface area (Å²) in [6.45, 7) is 10.0. The molecule has 1 heterocycles. The number of likely N-dealkylation sites (N-methyl/N-ethyl adjacent to an activating group) is 1. The zero-order valence-electron chi connectivity index (χ0n) is 11.5. The van der Waals surface area contributed by atoms with Gasteiger partial charge in [0.15, 0.2) is 0 Å². The monoisotopic (exact) mass is 242 g/mol. The molecule has 1 rings (SSSR count). The van der Waals surface area contributed by atoms with Crippen LogP contribution in [0.3, 0.4) is 0 Å². The lowest BCUT2D eigenvalue weighted by atomic mass is 10.2. The van der Waals surface area contributed by atoms with Crippen molar-refractivity contribution in [2.45, 2.75) is 39.3 Å². The van der Waals surface area contributed by atoms with Crippen molar-refractivity contribution in [1.82, 2.24) is 20.7 Å². The van der Waals surface area contributed by atoms with Gasteiger partial charge in [0, 0.05) is 32.2 Å². The van der Waals surface area contributed by atoms with Crippen LogP contribution in [-0.4, -0.2) is 61.1 Å². The van der Waals surface area contributed by atoms with Gasteiger partial charge in [-0.05, 0) is 27.3 Å². The van der Waals surface area contributed by atoms with Crippen LogP contribution >= 0.6 is 0 Å². The van der Waals surface area contributed by atoms with Crippen molar-refractivity contribution in [3.05, 3.63) is 0 Å². The minimum atomic E-state index is -0.160. The second kappa shape index (κ2) is 6.93. The summed E-state index contributed by atoms with van der Waals surface area (Å²) >= 11 is 0. The number of hydrogen-bond acceptors (Lipinski definition) is 4. The maximum Gasteiger partial charge on any atom is 0.238 e. The van der Waals surface area contributed by atoms with Crippen molar-refractivity contribution in [3.8, 4) is 0 Å². The molecule has 0 radical (unpaired) electrons. The summed E-state index contributed by atoms with van der Waals surface area (Å²) in [7, 11) is 2.12. The average molecular weight is 242 g/mol. The molecule has 1 saturated heterocycles. The summed E-state index contributed by atoms with van der Waals surface area (Å²) < 4.78 is 0. The Balaban J connectivity index is 2.28. The molecule has 0 aliphatic carbocycles. The van der Waals surface area contributed by atoms with E-state index >= 15 is 0 Å². The van der Waals surface area contributed by atoms with E-state index in [0.717, 1.165) is 32.6 Å². The Bertz CT molecular complexity index is 239. The molecule has 5 nitrogen and oxygen atoms in total. The van der Waals surface area contributed by atoms with Crippen LogP contribution in [0, 0.1) is 0 Å². The van der Waals surface area contributed by atoms with E-state index in [1.54, 1.807) is 0 Å². The normalized spacial score (nSPS) is 22.1. The molecule has 100 valence electrons. The average Bonchev–Trinajstić information content (AvgIpc) is 2.31. The number of carbonyl (C=O) groups excluding carboxylic acids is 1. The summed E-state index contributed by atoms with van der Waals surface area (Å²) in [6, 6.07) is 0.0895. The quantitative estimate of drug-likeness (QED) is 0.715. The number of nitrogens with one attached hydrogen (secondary N) is 2. The van der Waals surface area contributed by atoms with Gasteiger partial charge in [0.2, 0.25) is 5.91 Å². The molecule has 0 spiro atoms. The molecule has 2 atom stereocenters. The largest absolute Gasteiger partial charge is 0.352 e. The first-order valence-corrected chi connectivity index (χ1v) is 6.53. The molecule has 0 aromatic carbocycles. The van der Waals surface area contributed by atoms with Crippen molar-refractivity contribution in [1.29, 1.82) is 0 Å². The van der Waals surface area contributed by atoms with Crippen LogP contribution in [0.2, 0.25) is 0 Å². The van der Waals surface area contributed by atoms with Gasteiger partial charge in [-0.1, -0.05) is 6.92 Å². The van der Waals surface area contributed by atoms with E-state index in [2.05, 4.69) is 34.6 Å². The number of hydrazine groups is 1. The highest BCUT2D eigenvalue weighted by Crippen LogP contribution is 1.98. The minimum Gasteiger partial charge on any atom is -0.352 e. The molecule has 0 aromatic rings. The first-order valence-electron chi connectivity index (χ1n) is 6.53. The lowest BCUT2D eigenvalue weighted by Gasteiger charge is -2.34. The van der Waals surface area contributed by atoms with Crippen LogP contribution in [0.4, 0.5) is 0 Å². The van der Waals surface area contributed by atoms with Gasteiger partial charge in [-0.25, -0.2) is 10.4 Å². The van der Waals surface area contributed by atoms with Gasteiger partial charge in [-0.3, -0.25) is 4.79 Å². The van der Waals surface area contributed by atoms with E-state index in [4.69, 9.17) is 0 Å². The van der Waals surface area contributed by atoms with E-state index in [9.17, 15) is 4.79 Å². The molecule has 1 aliphatic rings. The van der Waals surface area contributed by atoms with Gasteiger partial charge in [0.05, 0.1) is 6.04 Å². The summed E-state index contributed by atoms with van der Waals surface area (Å²) in [5, 5.41) is 5.13. The molecule has 2 unspecified atom stereocenters. The van der Waals surface area contributed by atoms with Crippen molar-refractivity contribution in [2.75, 3.05) is 33.2 Å². The fraction of sp³-hybridized carbons (Fsp3) is 0.917. The Hall–Kier alpha value is -0.650. The van der Waals surface area contributed by atoms with Crippen molar-refractivity contribution in [3.63, 3.8) is 0 Å². The summed E-state index contributed by atoms with van der Waals surface area (Å²) in [5.74, 6) is 0.0817. The SMILES string of the molecule is CCC(C)NC(=O)C(C)NN1CCN(C)CC1. The Kier molecular flexibility index (Phi) is 5.88. The highest BCUT2D eigenvalue weighted by atomic mass is 16.2. The fourth-order valence-corrected chi connectivity index (χ4v) is 1.74. The van der Waals surface area contributed by atoms with Crippen LogP contribution in [0.1, 0.15) is 27.2 Å². The Morgan fingerprint density at radius 2 is 1.82 bits per heavy atom. The number of nitrogens with zero attached hydrogens (tertiary/aromatic N) is 2. The van der Waals surface area contributed by atoms with Gasteiger partial charge in [-0.2, -0.15) is 0 Å². The van der Waals surface area contributed by atoms with Gasteiger partial charge < -0.3 is 10.2 Å². The summed E-state index contributed by atoms with van der Waals surface area (Å²) in [5.41, 5.74) is 3.26. The number of amides is 1. The van der Waals surface area contributed by atoms with Crippen LogP contribution in [-0.2, 0) is 4.79 Å². The second-order valence-corrected chi connectivity index (χ2v) is 4.96. The zero-order chi connectivity index (χ0) is 12.8. The third-order valence-electron chi connectivity index (χ3n) is 3.27. The third-order valence-corrected chi connectivity index (χ3v) is 3.27. The maximum absolute atomic E-state index is 11.8. The van der Waals surface area contributed by atoms with Crippen LogP contribution in [0.5, 0.6) is 0 Å². The van der Waals surface area contributed by atoms with Gasteiger partial charge >= 0.3 is 0 Å². The molecular formula is C12H26N4O. The number of piperazine rings is 1. The van der Waals surface area contributed by atoms with E-state index in [0.29, 0.717) is 0 Å². The number of rotatable bonds is 5. The molecule has 1 amide bonds. The molecule has 0 bridgehead atoms. The zero-order valence-corrected chi connectivity index (χ0v) is 11.5. The lowest BCUT2D eigenvalue weighted by Crippen LogP contribution is -2.57. The number of hydrogen-bond donors (Lipinski definition) is 2. The third kappa shape index (κ3) is 5.02. The first-order chi connectivity index (χ1) is 8.02. The topological polar surface area (TPSA) is 47.6 Å².